The van der Waals surface area contributed by atoms with Crippen molar-refractivity contribution in [3.63, 3.8) is 0 Å². The lowest BCUT2D eigenvalue weighted by Gasteiger charge is -2.12. The van der Waals surface area contributed by atoms with Gasteiger partial charge in [0.05, 0.1) is 11.8 Å². The number of rotatable bonds is 6. The van der Waals surface area contributed by atoms with Crippen LogP contribution < -0.4 is 21.3 Å². The van der Waals surface area contributed by atoms with Crippen molar-refractivity contribution in [1.29, 1.82) is 5.26 Å². The monoisotopic (exact) mass is 472 g/mol. The third kappa shape index (κ3) is 4.60. The molecule has 0 radical (unpaired) electrons. The summed E-state index contributed by atoms with van der Waals surface area (Å²) < 4.78 is 47.5. The topological polar surface area (TPSA) is 136 Å². The van der Waals surface area contributed by atoms with Gasteiger partial charge in [-0.05, 0) is 25.8 Å². The third-order valence-corrected chi connectivity index (χ3v) is 4.72. The molecule has 0 spiro atoms. The van der Waals surface area contributed by atoms with E-state index in [0.717, 1.165) is 4.57 Å². The average molecular weight is 472 g/mol. The molecule has 10 nitrogen and oxygen atoms in total. The van der Waals surface area contributed by atoms with Crippen LogP contribution in [0, 0.1) is 11.3 Å². The van der Waals surface area contributed by atoms with Gasteiger partial charge in [0.2, 0.25) is 5.95 Å². The second-order valence-corrected chi connectivity index (χ2v) is 6.98. The van der Waals surface area contributed by atoms with Crippen LogP contribution in [0.5, 0.6) is 5.75 Å². The first-order valence-corrected chi connectivity index (χ1v) is 9.58. The number of aromatic nitrogens is 4. The van der Waals surface area contributed by atoms with Crippen molar-refractivity contribution in [2.75, 3.05) is 5.32 Å². The fourth-order valence-electron chi connectivity index (χ4n) is 3.02. The average Bonchev–Trinajstić information content (AvgIpc) is 3.10. The van der Waals surface area contributed by atoms with Crippen molar-refractivity contribution >= 4 is 29.5 Å². The van der Waals surface area contributed by atoms with E-state index in [1.807, 2.05) is 6.07 Å². The SMILES string of the molecule is C=N/C(N)=C\C(=C/C)Oc1cnc2nc(Nc3cc(C(F)(F)F)cn(C)c3=O)n(C)c2c1C#N. The molecule has 176 valence electrons. The lowest BCUT2D eigenvalue weighted by atomic mass is 10.2. The van der Waals surface area contributed by atoms with Gasteiger partial charge in [0.25, 0.3) is 5.56 Å². The first-order valence-electron chi connectivity index (χ1n) is 9.58. The van der Waals surface area contributed by atoms with Crippen molar-refractivity contribution in [2.45, 2.75) is 13.1 Å². The number of fused-ring (bicyclic) bond motifs is 1. The van der Waals surface area contributed by atoms with E-state index in [1.165, 1.54) is 30.9 Å². The number of hydrogen-bond donors (Lipinski definition) is 2. The Bertz CT molecular complexity index is 1440. The van der Waals surface area contributed by atoms with E-state index in [2.05, 4.69) is 27.0 Å². The maximum atomic E-state index is 13.2. The van der Waals surface area contributed by atoms with Crippen molar-refractivity contribution in [1.82, 2.24) is 19.1 Å². The number of imidazole rings is 1. The van der Waals surface area contributed by atoms with E-state index in [-0.39, 0.29) is 45.7 Å². The van der Waals surface area contributed by atoms with Crippen LogP contribution in [0.25, 0.3) is 11.2 Å². The summed E-state index contributed by atoms with van der Waals surface area (Å²) in [6, 6.07) is 2.71. The van der Waals surface area contributed by atoms with E-state index in [4.69, 9.17) is 10.5 Å². The van der Waals surface area contributed by atoms with Gasteiger partial charge in [-0.25, -0.2) is 9.98 Å². The molecule has 0 aliphatic rings. The smallest absolute Gasteiger partial charge is 0.417 e. The fraction of sp³-hybridized carbons (Fsp3) is 0.190. The van der Waals surface area contributed by atoms with Crippen LogP contribution in [0.3, 0.4) is 0 Å². The summed E-state index contributed by atoms with van der Waals surface area (Å²) in [5, 5.41) is 12.4. The number of nitriles is 1. The molecule has 3 aromatic heterocycles. The van der Waals surface area contributed by atoms with Crippen molar-refractivity contribution in [3.8, 4) is 11.8 Å². The molecule has 0 aromatic carbocycles. The highest BCUT2D eigenvalue weighted by atomic mass is 19.4. The minimum Gasteiger partial charge on any atom is -0.454 e. The number of hydrogen-bond acceptors (Lipinski definition) is 8. The van der Waals surface area contributed by atoms with Crippen LogP contribution in [-0.4, -0.2) is 25.8 Å². The highest BCUT2D eigenvalue weighted by molar-refractivity contribution is 5.84. The number of alkyl halides is 3. The predicted octanol–water partition coefficient (Wildman–Crippen LogP) is 3.08. The molecule has 0 atom stereocenters. The second-order valence-electron chi connectivity index (χ2n) is 6.98. The summed E-state index contributed by atoms with van der Waals surface area (Å²) in [6.45, 7) is 5.00. The van der Waals surface area contributed by atoms with Gasteiger partial charge >= 0.3 is 6.18 Å². The fourth-order valence-corrected chi connectivity index (χ4v) is 3.02. The lowest BCUT2D eigenvalue weighted by molar-refractivity contribution is -0.138. The number of aryl methyl sites for hydroxylation is 2. The van der Waals surface area contributed by atoms with Crippen LogP contribution in [0.15, 0.2) is 52.0 Å². The Labute approximate surface area is 191 Å². The van der Waals surface area contributed by atoms with Gasteiger partial charge in [-0.3, -0.25) is 4.79 Å². The number of pyridine rings is 2. The molecule has 3 aromatic rings. The number of nitrogens with zero attached hydrogens (tertiary/aromatic N) is 6. The van der Waals surface area contributed by atoms with Gasteiger partial charge in [0, 0.05) is 26.4 Å². The number of halogens is 3. The number of aliphatic imine (C=N–C) groups is 1. The summed E-state index contributed by atoms with van der Waals surface area (Å²) in [5.41, 5.74) is 3.99. The van der Waals surface area contributed by atoms with Crippen molar-refractivity contribution in [3.05, 3.63) is 63.7 Å². The first kappa shape index (κ1) is 24.1. The van der Waals surface area contributed by atoms with Crippen LogP contribution >= 0.6 is 0 Å². The Balaban J connectivity index is 2.10. The Morgan fingerprint density at radius 3 is 2.71 bits per heavy atom. The summed E-state index contributed by atoms with van der Waals surface area (Å²) >= 11 is 0. The van der Waals surface area contributed by atoms with Gasteiger partial charge in [0.1, 0.15) is 34.4 Å². The predicted molar refractivity (Wildman–Crippen MR) is 119 cm³/mol. The molecule has 34 heavy (non-hydrogen) atoms. The molecule has 3 N–H and O–H groups in total. The van der Waals surface area contributed by atoms with E-state index >= 15 is 0 Å². The van der Waals surface area contributed by atoms with E-state index in [9.17, 15) is 23.2 Å². The quantitative estimate of drug-likeness (QED) is 0.320. The molecule has 0 fully saturated rings. The minimum atomic E-state index is -4.65. The van der Waals surface area contributed by atoms with E-state index < -0.39 is 17.3 Å². The number of allylic oxidation sites excluding steroid dienone is 2. The number of ether oxygens (including phenoxy) is 1. The molecule has 0 saturated heterocycles. The van der Waals surface area contributed by atoms with Gasteiger partial charge < -0.3 is 24.9 Å². The van der Waals surface area contributed by atoms with Crippen LogP contribution in [0.2, 0.25) is 0 Å². The van der Waals surface area contributed by atoms with Crippen molar-refractivity contribution < 1.29 is 17.9 Å². The Morgan fingerprint density at radius 2 is 2.12 bits per heavy atom. The molecule has 0 unspecified atom stereocenters. The second kappa shape index (κ2) is 9.10. The maximum Gasteiger partial charge on any atom is 0.417 e. The largest absolute Gasteiger partial charge is 0.454 e. The molecule has 0 aliphatic carbocycles. The van der Waals surface area contributed by atoms with Gasteiger partial charge in [-0.1, -0.05) is 0 Å². The van der Waals surface area contributed by atoms with Crippen LogP contribution in [0.1, 0.15) is 18.1 Å². The van der Waals surface area contributed by atoms with E-state index in [0.29, 0.717) is 12.3 Å². The first-order chi connectivity index (χ1) is 16.0. The number of nitrogens with one attached hydrogen (secondary N) is 1. The molecule has 0 bridgehead atoms. The zero-order valence-electron chi connectivity index (χ0n) is 18.3. The molecule has 0 saturated carbocycles. The minimum absolute atomic E-state index is 0.00108. The Morgan fingerprint density at radius 1 is 1.41 bits per heavy atom. The summed E-state index contributed by atoms with van der Waals surface area (Å²) in [7, 11) is 2.72. The maximum absolute atomic E-state index is 13.2. The molecule has 3 rings (SSSR count). The normalized spacial score (nSPS) is 12.5. The van der Waals surface area contributed by atoms with Gasteiger partial charge in [-0.15, -0.1) is 0 Å². The standard InChI is InChI=1S/C21H19F3N8O2/c1-5-12(7-16(26)27-2)34-15-9-28-18-17(13(15)8-25)32(4)20(30-18)29-14-6-11(21(22,23)24)10-31(3)19(14)33/h5-7,9-10H,2,26H2,1,3-4H3,(H,28,29,30)/b12-5+,16-7-. The van der Waals surface area contributed by atoms with Crippen LogP contribution in [-0.2, 0) is 20.3 Å². The highest BCUT2D eigenvalue weighted by Crippen LogP contribution is 2.32. The lowest BCUT2D eigenvalue weighted by Crippen LogP contribution is -2.23. The molecular formula is C21H19F3N8O2. The summed E-state index contributed by atoms with van der Waals surface area (Å²) in [6.07, 6.45) is 0.305. The van der Waals surface area contributed by atoms with Gasteiger partial charge in [0.15, 0.2) is 11.4 Å². The van der Waals surface area contributed by atoms with Crippen LogP contribution in [0.4, 0.5) is 24.8 Å². The molecule has 0 aliphatic heterocycles. The van der Waals surface area contributed by atoms with E-state index in [1.54, 1.807) is 13.0 Å². The summed E-state index contributed by atoms with van der Waals surface area (Å²) in [5.74, 6) is 0.449. The Hall–Kier alpha value is -4.60. The zero-order chi connectivity index (χ0) is 25.2. The molecule has 3 heterocycles. The van der Waals surface area contributed by atoms with Gasteiger partial charge in [-0.2, -0.15) is 23.4 Å². The Kier molecular flexibility index (Phi) is 6.44. The number of anilines is 2. The molecule has 0 amide bonds. The van der Waals surface area contributed by atoms with Crippen molar-refractivity contribution in [2.24, 2.45) is 24.8 Å². The third-order valence-electron chi connectivity index (χ3n) is 4.72. The number of nitrogens with two attached hydrogens (primary N) is 1. The summed E-state index contributed by atoms with van der Waals surface area (Å²) in [4.78, 5) is 24.4. The molecular weight excluding hydrogens is 453 g/mol. The zero-order valence-corrected chi connectivity index (χ0v) is 18.3. The highest BCUT2D eigenvalue weighted by Gasteiger charge is 2.32. The molecule has 13 heteroatoms.